The minimum absolute atomic E-state index is 0.783. The summed E-state index contributed by atoms with van der Waals surface area (Å²) in [4.78, 5) is 2.60. The van der Waals surface area contributed by atoms with Gasteiger partial charge in [0, 0.05) is 19.6 Å². The topological polar surface area (TPSA) is 27.0 Å². The fourth-order valence-electron chi connectivity index (χ4n) is 2.53. The molecular weight excluding hydrogens is 220 g/mol. The highest BCUT2D eigenvalue weighted by Gasteiger charge is 2.29. The van der Waals surface area contributed by atoms with Crippen LogP contribution in [0.2, 0.25) is 0 Å². The van der Waals surface area contributed by atoms with Crippen molar-refractivity contribution in [2.24, 2.45) is 11.8 Å². The van der Waals surface area contributed by atoms with Crippen LogP contribution in [0.15, 0.2) is 24.3 Å². The van der Waals surface area contributed by atoms with Gasteiger partial charge in [0.15, 0.2) is 0 Å². The predicted octanol–water partition coefficient (Wildman–Crippen LogP) is 3.18. The first-order chi connectivity index (χ1) is 8.83. The van der Waals surface area contributed by atoms with E-state index in [4.69, 9.17) is 5.26 Å². The fraction of sp³-hybridized carbons (Fsp3) is 0.562. The Morgan fingerprint density at radius 3 is 2.33 bits per heavy atom. The number of benzene rings is 1. The molecule has 0 aliphatic heterocycles. The molecular formula is C16H20N2. The zero-order chi connectivity index (χ0) is 12.4. The number of hydrogen-bond donors (Lipinski definition) is 0. The molecule has 0 N–H and O–H groups in total. The van der Waals surface area contributed by atoms with Gasteiger partial charge in [0.2, 0.25) is 0 Å². The Morgan fingerprint density at radius 1 is 1.11 bits per heavy atom. The van der Waals surface area contributed by atoms with Gasteiger partial charge in [-0.25, -0.2) is 0 Å². The number of hydrogen-bond acceptors (Lipinski definition) is 2. The van der Waals surface area contributed by atoms with Gasteiger partial charge in [-0.05, 0) is 55.2 Å². The summed E-state index contributed by atoms with van der Waals surface area (Å²) in [5.41, 5.74) is 2.07. The third-order valence-electron chi connectivity index (χ3n) is 3.89. The van der Waals surface area contributed by atoms with Gasteiger partial charge in [-0.15, -0.1) is 0 Å². The number of rotatable bonds is 6. The molecule has 2 heteroatoms. The van der Waals surface area contributed by atoms with E-state index in [0.717, 1.165) is 23.9 Å². The lowest BCUT2D eigenvalue weighted by atomic mass is 10.1. The van der Waals surface area contributed by atoms with Crippen molar-refractivity contribution in [3.8, 4) is 6.07 Å². The standard InChI is InChI=1S/C16H20N2/c17-9-15-2-1-3-16(8-15)12-18(10-13-4-5-13)11-14-6-7-14/h1-3,8,13-14H,4-7,10-12H2. The highest BCUT2D eigenvalue weighted by Crippen LogP contribution is 2.34. The molecule has 0 bridgehead atoms. The van der Waals surface area contributed by atoms with Crippen LogP contribution in [0.4, 0.5) is 0 Å². The van der Waals surface area contributed by atoms with E-state index in [2.05, 4.69) is 17.0 Å². The van der Waals surface area contributed by atoms with Gasteiger partial charge in [-0.3, -0.25) is 4.90 Å². The molecule has 2 fully saturated rings. The molecule has 1 aromatic carbocycles. The van der Waals surface area contributed by atoms with Crippen molar-refractivity contribution >= 4 is 0 Å². The van der Waals surface area contributed by atoms with E-state index in [0.29, 0.717) is 0 Å². The van der Waals surface area contributed by atoms with Crippen molar-refractivity contribution in [1.82, 2.24) is 4.90 Å². The highest BCUT2D eigenvalue weighted by molar-refractivity contribution is 5.32. The fourth-order valence-corrected chi connectivity index (χ4v) is 2.53. The molecule has 0 aromatic heterocycles. The van der Waals surface area contributed by atoms with Crippen LogP contribution in [0.1, 0.15) is 36.8 Å². The van der Waals surface area contributed by atoms with Crippen molar-refractivity contribution < 1.29 is 0 Å². The van der Waals surface area contributed by atoms with Gasteiger partial charge in [-0.1, -0.05) is 12.1 Å². The van der Waals surface area contributed by atoms with E-state index < -0.39 is 0 Å². The van der Waals surface area contributed by atoms with Crippen LogP contribution in [0, 0.1) is 23.2 Å². The Morgan fingerprint density at radius 2 is 1.78 bits per heavy atom. The molecule has 0 amide bonds. The molecule has 1 aromatic rings. The van der Waals surface area contributed by atoms with Crippen molar-refractivity contribution in [2.75, 3.05) is 13.1 Å². The average molecular weight is 240 g/mol. The largest absolute Gasteiger partial charge is 0.299 e. The molecule has 0 heterocycles. The molecule has 0 saturated heterocycles. The average Bonchev–Trinajstić information content (AvgIpc) is 3.25. The van der Waals surface area contributed by atoms with Gasteiger partial charge >= 0.3 is 0 Å². The van der Waals surface area contributed by atoms with Crippen LogP contribution >= 0.6 is 0 Å². The summed E-state index contributed by atoms with van der Waals surface area (Å²) in [6.45, 7) is 3.53. The third kappa shape index (κ3) is 3.34. The van der Waals surface area contributed by atoms with Gasteiger partial charge in [-0.2, -0.15) is 5.26 Å². The van der Waals surface area contributed by atoms with Crippen LogP contribution in [0.5, 0.6) is 0 Å². The summed E-state index contributed by atoms with van der Waals surface area (Å²) in [5.74, 6) is 1.89. The lowest BCUT2D eigenvalue weighted by molar-refractivity contribution is 0.244. The van der Waals surface area contributed by atoms with E-state index in [1.54, 1.807) is 0 Å². The Labute approximate surface area is 109 Å². The van der Waals surface area contributed by atoms with E-state index in [-0.39, 0.29) is 0 Å². The minimum Gasteiger partial charge on any atom is -0.299 e. The van der Waals surface area contributed by atoms with Crippen molar-refractivity contribution in [1.29, 1.82) is 5.26 Å². The molecule has 2 nitrogen and oxygen atoms in total. The number of nitriles is 1. The van der Waals surface area contributed by atoms with E-state index in [1.165, 1.54) is 44.3 Å². The molecule has 0 atom stereocenters. The zero-order valence-electron chi connectivity index (χ0n) is 10.8. The second-order valence-electron chi connectivity index (χ2n) is 5.89. The van der Waals surface area contributed by atoms with E-state index in [1.807, 2.05) is 18.2 Å². The molecule has 0 radical (unpaired) electrons. The quantitative estimate of drug-likeness (QED) is 0.763. The summed E-state index contributed by atoms with van der Waals surface area (Å²) < 4.78 is 0. The summed E-state index contributed by atoms with van der Waals surface area (Å²) in [7, 11) is 0. The molecule has 0 spiro atoms. The van der Waals surface area contributed by atoms with Crippen molar-refractivity contribution in [3.05, 3.63) is 35.4 Å². The Kier molecular flexibility index (Phi) is 3.34. The Hall–Kier alpha value is -1.33. The van der Waals surface area contributed by atoms with Crippen LogP contribution < -0.4 is 0 Å². The molecule has 2 aliphatic rings. The second kappa shape index (κ2) is 5.12. The summed E-state index contributed by atoms with van der Waals surface area (Å²) in [5, 5.41) is 8.94. The lowest BCUT2D eigenvalue weighted by Crippen LogP contribution is -2.27. The Balaban J connectivity index is 1.63. The Bertz CT molecular complexity index is 438. The van der Waals surface area contributed by atoms with Crippen LogP contribution in [-0.4, -0.2) is 18.0 Å². The first-order valence-electron chi connectivity index (χ1n) is 7.05. The van der Waals surface area contributed by atoms with Gasteiger partial charge < -0.3 is 0 Å². The smallest absolute Gasteiger partial charge is 0.0991 e. The van der Waals surface area contributed by atoms with Gasteiger partial charge in [0.25, 0.3) is 0 Å². The summed E-state index contributed by atoms with van der Waals surface area (Å²) in [6.07, 6.45) is 5.66. The third-order valence-corrected chi connectivity index (χ3v) is 3.89. The number of nitrogens with zero attached hydrogens (tertiary/aromatic N) is 2. The van der Waals surface area contributed by atoms with Crippen LogP contribution in [0.3, 0.4) is 0 Å². The van der Waals surface area contributed by atoms with Gasteiger partial charge in [0.1, 0.15) is 0 Å². The SMILES string of the molecule is N#Cc1cccc(CN(CC2CC2)CC2CC2)c1. The maximum Gasteiger partial charge on any atom is 0.0991 e. The zero-order valence-corrected chi connectivity index (χ0v) is 10.8. The minimum atomic E-state index is 0.783. The molecule has 3 rings (SSSR count). The first-order valence-corrected chi connectivity index (χ1v) is 7.05. The van der Waals surface area contributed by atoms with Crippen molar-refractivity contribution in [2.45, 2.75) is 32.2 Å². The summed E-state index contributed by atoms with van der Waals surface area (Å²) in [6, 6.07) is 10.3. The molecule has 0 unspecified atom stereocenters. The highest BCUT2D eigenvalue weighted by atomic mass is 15.1. The molecule has 18 heavy (non-hydrogen) atoms. The second-order valence-corrected chi connectivity index (χ2v) is 5.89. The van der Waals surface area contributed by atoms with E-state index in [9.17, 15) is 0 Å². The maximum absolute atomic E-state index is 8.94. The first kappa shape index (κ1) is 11.7. The van der Waals surface area contributed by atoms with Crippen molar-refractivity contribution in [3.63, 3.8) is 0 Å². The summed E-state index contributed by atoms with van der Waals surface area (Å²) >= 11 is 0. The maximum atomic E-state index is 8.94. The van der Waals surface area contributed by atoms with E-state index >= 15 is 0 Å². The van der Waals surface area contributed by atoms with Gasteiger partial charge in [0.05, 0.1) is 11.6 Å². The predicted molar refractivity (Wildman–Crippen MR) is 71.9 cm³/mol. The van der Waals surface area contributed by atoms with Crippen LogP contribution in [0.25, 0.3) is 0 Å². The molecule has 94 valence electrons. The lowest BCUT2D eigenvalue weighted by Gasteiger charge is -2.22. The molecule has 2 saturated carbocycles. The molecule has 2 aliphatic carbocycles. The normalized spacial score (nSPS) is 18.9. The van der Waals surface area contributed by atoms with Crippen LogP contribution in [-0.2, 0) is 6.54 Å². The monoisotopic (exact) mass is 240 g/mol.